The molecule has 1 aromatic rings. The van der Waals surface area contributed by atoms with Crippen LogP contribution in [-0.4, -0.2) is 23.2 Å². The van der Waals surface area contributed by atoms with Crippen molar-refractivity contribution in [1.82, 2.24) is 0 Å². The van der Waals surface area contributed by atoms with Crippen molar-refractivity contribution in [3.8, 4) is 11.5 Å². The maximum absolute atomic E-state index is 11.1. The number of phenols is 1. The monoisotopic (exact) mass is 249 g/mol. The average Bonchev–Trinajstić information content (AvgIpc) is 2.39. The van der Waals surface area contributed by atoms with Crippen molar-refractivity contribution in [3.05, 3.63) is 46.0 Å². The summed E-state index contributed by atoms with van der Waals surface area (Å²) in [5.74, 6) is 0.230. The van der Waals surface area contributed by atoms with E-state index >= 15 is 0 Å². The average molecular weight is 249 g/mol. The van der Waals surface area contributed by atoms with Crippen LogP contribution in [0.4, 0.5) is 0 Å². The summed E-state index contributed by atoms with van der Waals surface area (Å²) >= 11 is 0. The first-order valence-corrected chi connectivity index (χ1v) is 5.79. The molecule has 0 saturated heterocycles. The lowest BCUT2D eigenvalue weighted by Crippen LogP contribution is -2.28. The lowest BCUT2D eigenvalue weighted by molar-refractivity contribution is -0.526. The molecule has 1 aliphatic rings. The third kappa shape index (κ3) is 2.30. The normalized spacial score (nSPS) is 22.7. The van der Waals surface area contributed by atoms with E-state index in [2.05, 4.69) is 0 Å². The molecule has 96 valence electrons. The number of benzene rings is 1. The van der Waals surface area contributed by atoms with Crippen LogP contribution in [0.1, 0.15) is 24.3 Å². The van der Waals surface area contributed by atoms with Gasteiger partial charge in [0.05, 0.1) is 13.0 Å². The van der Waals surface area contributed by atoms with Gasteiger partial charge in [-0.15, -0.1) is 0 Å². The number of hydrogen-bond acceptors (Lipinski definition) is 4. The minimum absolute atomic E-state index is 0.0465. The van der Waals surface area contributed by atoms with E-state index in [0.717, 1.165) is 5.56 Å². The molecule has 1 aliphatic carbocycles. The molecular weight excluding hydrogens is 234 g/mol. The smallest absolute Gasteiger partial charge is 0.223 e. The maximum Gasteiger partial charge on any atom is 0.223 e. The summed E-state index contributed by atoms with van der Waals surface area (Å²) in [5, 5.41) is 20.6. The van der Waals surface area contributed by atoms with E-state index in [-0.39, 0.29) is 16.6 Å². The molecule has 0 amide bonds. The quantitative estimate of drug-likeness (QED) is 0.507. The molecule has 0 aromatic heterocycles. The summed E-state index contributed by atoms with van der Waals surface area (Å²) in [5.41, 5.74) is 0.829. The van der Waals surface area contributed by atoms with E-state index < -0.39 is 6.04 Å². The molecule has 5 heteroatoms. The van der Waals surface area contributed by atoms with Crippen molar-refractivity contribution in [2.24, 2.45) is 0 Å². The van der Waals surface area contributed by atoms with E-state index in [4.69, 9.17) is 4.74 Å². The topological polar surface area (TPSA) is 72.6 Å². The van der Waals surface area contributed by atoms with Crippen molar-refractivity contribution in [1.29, 1.82) is 0 Å². The molecule has 18 heavy (non-hydrogen) atoms. The predicted octanol–water partition coefficient (Wildman–Crippen LogP) is 2.48. The zero-order valence-corrected chi connectivity index (χ0v) is 10.1. The van der Waals surface area contributed by atoms with Crippen LogP contribution >= 0.6 is 0 Å². The molecule has 5 nitrogen and oxygen atoms in total. The second-order valence-electron chi connectivity index (χ2n) is 4.33. The van der Waals surface area contributed by atoms with Gasteiger partial charge in [-0.2, -0.15) is 0 Å². The summed E-state index contributed by atoms with van der Waals surface area (Å²) in [6, 6.07) is 4.31. The largest absolute Gasteiger partial charge is 0.504 e. The summed E-state index contributed by atoms with van der Waals surface area (Å²) in [6.07, 6.45) is 4.89. The molecule has 0 aliphatic heterocycles. The van der Waals surface area contributed by atoms with Crippen LogP contribution in [0.2, 0.25) is 0 Å². The predicted molar refractivity (Wildman–Crippen MR) is 66.6 cm³/mol. The van der Waals surface area contributed by atoms with Gasteiger partial charge in [0.25, 0.3) is 0 Å². The van der Waals surface area contributed by atoms with E-state index in [1.165, 1.54) is 13.2 Å². The SMILES string of the molecule is COc1cc([C@@H]2CC=CC[C@H]2[N+](=O)[O-])ccc1O. The van der Waals surface area contributed by atoms with Crippen LogP contribution in [0.3, 0.4) is 0 Å². The minimum atomic E-state index is -0.607. The molecule has 0 radical (unpaired) electrons. The molecule has 0 bridgehead atoms. The number of rotatable bonds is 3. The fraction of sp³-hybridized carbons (Fsp3) is 0.385. The Balaban J connectivity index is 2.34. The summed E-state index contributed by atoms with van der Waals surface area (Å²) < 4.78 is 5.03. The Morgan fingerprint density at radius 3 is 2.78 bits per heavy atom. The second-order valence-corrected chi connectivity index (χ2v) is 4.33. The Morgan fingerprint density at radius 2 is 2.11 bits per heavy atom. The fourth-order valence-electron chi connectivity index (χ4n) is 2.32. The Morgan fingerprint density at radius 1 is 1.39 bits per heavy atom. The highest BCUT2D eigenvalue weighted by Gasteiger charge is 2.33. The molecule has 0 unspecified atom stereocenters. The molecule has 2 rings (SSSR count). The van der Waals surface area contributed by atoms with Gasteiger partial charge in [-0.05, 0) is 24.1 Å². The molecule has 0 fully saturated rings. The van der Waals surface area contributed by atoms with Crippen molar-refractivity contribution < 1.29 is 14.8 Å². The number of phenolic OH excluding ortho intramolecular Hbond substituents is 1. The molecule has 1 N–H and O–H groups in total. The number of aromatic hydroxyl groups is 1. The lowest BCUT2D eigenvalue weighted by Gasteiger charge is -2.22. The van der Waals surface area contributed by atoms with Gasteiger partial charge in [0, 0.05) is 11.3 Å². The van der Waals surface area contributed by atoms with Gasteiger partial charge < -0.3 is 9.84 Å². The highest BCUT2D eigenvalue weighted by atomic mass is 16.6. The second kappa shape index (κ2) is 5.08. The van der Waals surface area contributed by atoms with Gasteiger partial charge in [-0.3, -0.25) is 10.1 Å². The number of methoxy groups -OCH3 is 1. The fourth-order valence-corrected chi connectivity index (χ4v) is 2.32. The van der Waals surface area contributed by atoms with E-state index in [0.29, 0.717) is 18.6 Å². The van der Waals surface area contributed by atoms with Crippen LogP contribution in [-0.2, 0) is 0 Å². The maximum atomic E-state index is 11.1. The summed E-state index contributed by atoms with van der Waals surface area (Å²) in [4.78, 5) is 10.8. The third-order valence-electron chi connectivity index (χ3n) is 3.30. The van der Waals surface area contributed by atoms with Gasteiger partial charge in [0.2, 0.25) is 6.04 Å². The van der Waals surface area contributed by atoms with Gasteiger partial charge in [0.15, 0.2) is 11.5 Å². The Bertz CT molecular complexity index is 484. The van der Waals surface area contributed by atoms with Crippen LogP contribution in [0.25, 0.3) is 0 Å². The molecule has 0 heterocycles. The zero-order chi connectivity index (χ0) is 13.1. The van der Waals surface area contributed by atoms with Crippen LogP contribution in [0.5, 0.6) is 11.5 Å². The van der Waals surface area contributed by atoms with Crippen LogP contribution in [0, 0.1) is 10.1 Å². The van der Waals surface area contributed by atoms with Crippen LogP contribution in [0.15, 0.2) is 30.4 Å². The molecule has 0 spiro atoms. The van der Waals surface area contributed by atoms with E-state index in [1.54, 1.807) is 12.1 Å². The number of ether oxygens (including phenoxy) is 1. The van der Waals surface area contributed by atoms with E-state index in [9.17, 15) is 15.2 Å². The summed E-state index contributed by atoms with van der Waals surface area (Å²) in [7, 11) is 1.46. The van der Waals surface area contributed by atoms with Gasteiger partial charge in [0.1, 0.15) is 0 Å². The van der Waals surface area contributed by atoms with Gasteiger partial charge in [-0.25, -0.2) is 0 Å². The van der Waals surface area contributed by atoms with Crippen molar-refractivity contribution in [2.75, 3.05) is 7.11 Å². The first kappa shape index (κ1) is 12.4. The highest BCUT2D eigenvalue weighted by molar-refractivity contribution is 5.43. The number of nitrogens with zero attached hydrogens (tertiary/aromatic N) is 1. The third-order valence-corrected chi connectivity index (χ3v) is 3.30. The Hall–Kier alpha value is -2.04. The molecule has 2 atom stereocenters. The standard InChI is InChI=1S/C13H15NO4/c1-18-13-8-9(6-7-12(13)15)10-4-2-3-5-11(10)14(16)17/h2-3,6-8,10-11,15H,4-5H2,1H3/t10-,11+/m0/s1. The van der Waals surface area contributed by atoms with Crippen molar-refractivity contribution in [2.45, 2.75) is 24.8 Å². The van der Waals surface area contributed by atoms with Crippen molar-refractivity contribution >= 4 is 0 Å². The Labute approximate surface area is 105 Å². The Kier molecular flexibility index (Phi) is 3.50. The highest BCUT2D eigenvalue weighted by Crippen LogP contribution is 2.35. The number of allylic oxidation sites excluding steroid dienone is 1. The minimum Gasteiger partial charge on any atom is -0.504 e. The van der Waals surface area contributed by atoms with E-state index in [1.807, 2.05) is 12.2 Å². The van der Waals surface area contributed by atoms with Crippen LogP contribution < -0.4 is 4.74 Å². The summed E-state index contributed by atoms with van der Waals surface area (Å²) in [6.45, 7) is 0. The molecule has 0 saturated carbocycles. The molecule has 1 aromatic carbocycles. The zero-order valence-electron chi connectivity index (χ0n) is 10.1. The molecular formula is C13H15NO4. The first-order valence-electron chi connectivity index (χ1n) is 5.79. The number of hydrogen-bond donors (Lipinski definition) is 1. The number of nitro groups is 1. The lowest BCUT2D eigenvalue weighted by atomic mass is 9.83. The van der Waals surface area contributed by atoms with Gasteiger partial charge in [-0.1, -0.05) is 18.2 Å². The van der Waals surface area contributed by atoms with Crippen molar-refractivity contribution in [3.63, 3.8) is 0 Å². The van der Waals surface area contributed by atoms with Gasteiger partial charge >= 0.3 is 0 Å². The first-order chi connectivity index (χ1) is 8.63.